The molecule has 0 fully saturated rings. The second kappa shape index (κ2) is 6.88. The maximum atomic E-state index is 5.81. The van der Waals surface area contributed by atoms with Gasteiger partial charge in [0.05, 0.1) is 6.21 Å². The van der Waals surface area contributed by atoms with E-state index in [-0.39, 0.29) is 0 Å². The maximum Gasteiger partial charge on any atom is 0.316 e. The number of nitrogens with zero attached hydrogens (tertiary/aromatic N) is 2. The van der Waals surface area contributed by atoms with Crippen molar-refractivity contribution in [3.8, 4) is 11.5 Å². The van der Waals surface area contributed by atoms with Gasteiger partial charge >= 0.3 is 6.01 Å². The summed E-state index contributed by atoms with van der Waals surface area (Å²) in [5.41, 5.74) is 5.21. The lowest BCUT2D eigenvalue weighted by Gasteiger charge is -2.05. The van der Waals surface area contributed by atoms with Crippen LogP contribution in [0.5, 0.6) is 11.5 Å². The molecule has 0 radical (unpaired) electrons. The molecule has 0 spiro atoms. The number of ether oxygens (including phenoxy) is 1. The normalized spacial score (nSPS) is 11.0. The monoisotopic (exact) mass is 329 g/mol. The predicted octanol–water partition coefficient (Wildman–Crippen LogP) is 5.07. The number of nitrogens with one attached hydrogen (secondary N) is 1. The topological polar surface area (TPSA) is 59.7 Å². The Kier molecular flexibility index (Phi) is 4.12. The molecule has 0 aliphatic heterocycles. The van der Waals surface area contributed by atoms with Crippen LogP contribution in [0.1, 0.15) is 5.56 Å². The SMILES string of the molecule is C(=N/Nc1nc2ccccc2o1)/c1cccc(Oc2ccccc2)c1. The summed E-state index contributed by atoms with van der Waals surface area (Å²) in [6, 6.07) is 25.2. The number of hydrogen-bond donors (Lipinski definition) is 1. The molecule has 0 unspecified atom stereocenters. The fourth-order valence-corrected chi connectivity index (χ4v) is 2.37. The van der Waals surface area contributed by atoms with Crippen LogP contribution in [0.2, 0.25) is 0 Å². The first-order valence-corrected chi connectivity index (χ1v) is 7.84. The Morgan fingerprint density at radius 1 is 0.880 bits per heavy atom. The molecule has 4 rings (SSSR count). The standard InChI is InChI=1S/C20H15N3O2/c1-2-8-16(9-3-1)24-17-10-6-7-15(13-17)14-21-23-20-22-18-11-4-5-12-19(18)25-20/h1-14H,(H,22,23)/b21-14-. The van der Waals surface area contributed by atoms with Crippen molar-refractivity contribution in [1.29, 1.82) is 0 Å². The van der Waals surface area contributed by atoms with Crippen molar-refractivity contribution in [1.82, 2.24) is 4.98 Å². The number of hydrogen-bond acceptors (Lipinski definition) is 5. The van der Waals surface area contributed by atoms with Gasteiger partial charge in [0.15, 0.2) is 5.58 Å². The third-order valence-corrected chi connectivity index (χ3v) is 3.50. The molecular weight excluding hydrogens is 314 g/mol. The molecule has 0 atom stereocenters. The molecule has 3 aromatic carbocycles. The van der Waals surface area contributed by atoms with Gasteiger partial charge in [0.25, 0.3) is 0 Å². The molecule has 5 nitrogen and oxygen atoms in total. The smallest absolute Gasteiger partial charge is 0.316 e. The fourth-order valence-electron chi connectivity index (χ4n) is 2.37. The van der Waals surface area contributed by atoms with Crippen molar-refractivity contribution in [2.45, 2.75) is 0 Å². The Labute approximate surface area is 144 Å². The van der Waals surface area contributed by atoms with E-state index in [0.717, 1.165) is 28.2 Å². The summed E-state index contributed by atoms with van der Waals surface area (Å²) in [4.78, 5) is 4.30. The van der Waals surface area contributed by atoms with Crippen molar-refractivity contribution in [2.24, 2.45) is 5.10 Å². The molecule has 5 heteroatoms. The third kappa shape index (κ3) is 3.67. The van der Waals surface area contributed by atoms with E-state index in [4.69, 9.17) is 9.15 Å². The lowest BCUT2D eigenvalue weighted by Crippen LogP contribution is -1.91. The van der Waals surface area contributed by atoms with Crippen LogP contribution in [0, 0.1) is 0 Å². The van der Waals surface area contributed by atoms with E-state index in [1.807, 2.05) is 78.9 Å². The highest BCUT2D eigenvalue weighted by molar-refractivity contribution is 5.81. The van der Waals surface area contributed by atoms with E-state index >= 15 is 0 Å². The van der Waals surface area contributed by atoms with E-state index in [1.165, 1.54) is 0 Å². The average Bonchev–Trinajstić information content (AvgIpc) is 3.06. The molecule has 4 aromatic rings. The number of aromatic nitrogens is 1. The fraction of sp³-hybridized carbons (Fsp3) is 0. The number of para-hydroxylation sites is 3. The molecule has 0 bridgehead atoms. The summed E-state index contributed by atoms with van der Waals surface area (Å²) in [5, 5.41) is 4.17. The summed E-state index contributed by atoms with van der Waals surface area (Å²) in [6.07, 6.45) is 1.69. The molecular formula is C20H15N3O2. The number of hydrazone groups is 1. The van der Waals surface area contributed by atoms with Crippen molar-refractivity contribution >= 4 is 23.3 Å². The van der Waals surface area contributed by atoms with Crippen molar-refractivity contribution in [2.75, 3.05) is 5.43 Å². The number of rotatable bonds is 5. The van der Waals surface area contributed by atoms with Gasteiger partial charge in [0.1, 0.15) is 17.0 Å². The van der Waals surface area contributed by atoms with Gasteiger partial charge in [-0.15, -0.1) is 0 Å². The minimum atomic E-state index is 0.356. The van der Waals surface area contributed by atoms with E-state index in [0.29, 0.717) is 6.01 Å². The largest absolute Gasteiger partial charge is 0.457 e. The first kappa shape index (κ1) is 15.0. The Bertz CT molecular complexity index is 977. The number of fused-ring (bicyclic) bond motifs is 1. The summed E-state index contributed by atoms with van der Waals surface area (Å²) in [7, 11) is 0. The van der Waals surface area contributed by atoms with Crippen LogP contribution in [0.4, 0.5) is 6.01 Å². The molecule has 122 valence electrons. The first-order chi connectivity index (χ1) is 12.4. The molecule has 0 aliphatic rings. The quantitative estimate of drug-likeness (QED) is 0.410. The Morgan fingerprint density at radius 3 is 2.56 bits per heavy atom. The van der Waals surface area contributed by atoms with Crippen LogP contribution in [0.15, 0.2) is 88.4 Å². The highest BCUT2D eigenvalue weighted by Gasteiger charge is 2.02. The molecule has 0 aliphatic carbocycles. The highest BCUT2D eigenvalue weighted by atomic mass is 16.5. The van der Waals surface area contributed by atoms with Crippen molar-refractivity contribution in [3.63, 3.8) is 0 Å². The van der Waals surface area contributed by atoms with E-state index in [9.17, 15) is 0 Å². The van der Waals surface area contributed by atoms with Gasteiger partial charge < -0.3 is 9.15 Å². The van der Waals surface area contributed by atoms with Gasteiger partial charge in [-0.2, -0.15) is 10.1 Å². The first-order valence-electron chi connectivity index (χ1n) is 7.84. The van der Waals surface area contributed by atoms with Crippen LogP contribution in [-0.2, 0) is 0 Å². The van der Waals surface area contributed by atoms with Crippen molar-refractivity contribution in [3.05, 3.63) is 84.4 Å². The van der Waals surface area contributed by atoms with Crippen LogP contribution in [0.3, 0.4) is 0 Å². The van der Waals surface area contributed by atoms with Gasteiger partial charge in [-0.3, -0.25) is 0 Å². The van der Waals surface area contributed by atoms with Crippen LogP contribution in [-0.4, -0.2) is 11.2 Å². The zero-order valence-corrected chi connectivity index (χ0v) is 13.3. The zero-order chi connectivity index (χ0) is 16.9. The minimum absolute atomic E-state index is 0.356. The average molecular weight is 329 g/mol. The molecule has 25 heavy (non-hydrogen) atoms. The number of oxazole rings is 1. The predicted molar refractivity (Wildman–Crippen MR) is 98.2 cm³/mol. The van der Waals surface area contributed by atoms with E-state index in [2.05, 4.69) is 15.5 Å². The second-order valence-electron chi connectivity index (χ2n) is 5.34. The van der Waals surface area contributed by atoms with Crippen LogP contribution in [0.25, 0.3) is 11.1 Å². The lowest BCUT2D eigenvalue weighted by molar-refractivity contribution is 0.482. The van der Waals surface area contributed by atoms with E-state index < -0.39 is 0 Å². The summed E-state index contributed by atoms with van der Waals surface area (Å²) in [5.74, 6) is 1.54. The lowest BCUT2D eigenvalue weighted by atomic mass is 10.2. The Hall–Kier alpha value is -3.60. The highest BCUT2D eigenvalue weighted by Crippen LogP contribution is 2.21. The summed E-state index contributed by atoms with van der Waals surface area (Å²) < 4.78 is 11.4. The number of anilines is 1. The van der Waals surface area contributed by atoms with Crippen LogP contribution >= 0.6 is 0 Å². The minimum Gasteiger partial charge on any atom is -0.457 e. The molecule has 0 saturated carbocycles. The molecule has 1 heterocycles. The number of benzene rings is 3. The molecule has 0 saturated heterocycles. The van der Waals surface area contributed by atoms with Crippen LogP contribution < -0.4 is 10.2 Å². The molecule has 1 N–H and O–H groups in total. The summed E-state index contributed by atoms with van der Waals surface area (Å²) >= 11 is 0. The van der Waals surface area contributed by atoms with E-state index in [1.54, 1.807) is 6.21 Å². The van der Waals surface area contributed by atoms with Gasteiger partial charge in [-0.05, 0) is 42.0 Å². The zero-order valence-electron chi connectivity index (χ0n) is 13.3. The Balaban J connectivity index is 1.45. The molecule has 1 aromatic heterocycles. The third-order valence-electron chi connectivity index (χ3n) is 3.50. The van der Waals surface area contributed by atoms with Gasteiger partial charge in [-0.1, -0.05) is 42.5 Å². The molecule has 0 amide bonds. The Morgan fingerprint density at radius 2 is 1.68 bits per heavy atom. The van der Waals surface area contributed by atoms with Gasteiger partial charge in [-0.25, -0.2) is 5.43 Å². The van der Waals surface area contributed by atoms with Gasteiger partial charge in [0, 0.05) is 0 Å². The van der Waals surface area contributed by atoms with Gasteiger partial charge in [0.2, 0.25) is 0 Å². The van der Waals surface area contributed by atoms with Crippen molar-refractivity contribution < 1.29 is 9.15 Å². The maximum absolute atomic E-state index is 5.81. The second-order valence-corrected chi connectivity index (χ2v) is 5.34. The summed E-state index contributed by atoms with van der Waals surface area (Å²) in [6.45, 7) is 0.